The Hall–Kier alpha value is -1.17. The summed E-state index contributed by atoms with van der Waals surface area (Å²) in [6, 6.07) is 13.3. The molecule has 0 aliphatic carbocycles. The predicted molar refractivity (Wildman–Crippen MR) is 94.8 cm³/mol. The zero-order valence-electron chi connectivity index (χ0n) is 11.8. The summed E-state index contributed by atoms with van der Waals surface area (Å²) in [5, 5.41) is 0.503. The molecule has 1 aliphatic rings. The minimum atomic E-state index is -0.0760. The molecule has 6 heteroatoms. The molecule has 3 rings (SSSR count). The van der Waals surface area contributed by atoms with Crippen LogP contribution in [0, 0.1) is 0 Å². The van der Waals surface area contributed by atoms with Crippen molar-refractivity contribution in [1.29, 1.82) is 0 Å². The molecule has 1 fully saturated rings. The van der Waals surface area contributed by atoms with Crippen molar-refractivity contribution in [3.63, 3.8) is 0 Å². The third-order valence-corrected chi connectivity index (χ3v) is 5.40. The molecule has 1 atom stereocenters. The predicted octanol–water partition coefficient (Wildman–Crippen LogP) is 4.89. The first-order valence-corrected chi connectivity index (χ1v) is 8.85. The quantitative estimate of drug-likeness (QED) is 0.737. The smallest absolute Gasteiger partial charge is 0.238 e. The van der Waals surface area contributed by atoms with Gasteiger partial charge in [-0.25, -0.2) is 0 Å². The van der Waals surface area contributed by atoms with Crippen LogP contribution in [0.3, 0.4) is 0 Å². The van der Waals surface area contributed by atoms with Crippen molar-refractivity contribution in [2.24, 2.45) is 0 Å². The van der Waals surface area contributed by atoms with Gasteiger partial charge in [0.15, 0.2) is 0 Å². The van der Waals surface area contributed by atoms with Crippen LogP contribution in [0.15, 0.2) is 46.9 Å². The molecule has 1 heterocycles. The van der Waals surface area contributed by atoms with Gasteiger partial charge in [0.25, 0.3) is 0 Å². The maximum Gasteiger partial charge on any atom is 0.238 e. The van der Waals surface area contributed by atoms with E-state index >= 15 is 0 Å². The topological polar surface area (TPSA) is 29.5 Å². The second-order valence-electron chi connectivity index (χ2n) is 4.79. The molecule has 1 amide bonds. The number of methoxy groups -OCH3 is 1. The minimum absolute atomic E-state index is 0.0542. The maximum atomic E-state index is 12.4. The molecular formula is C16H13BrClNO2S. The first-order chi connectivity index (χ1) is 10.6. The molecule has 0 unspecified atom stereocenters. The monoisotopic (exact) mass is 397 g/mol. The first-order valence-electron chi connectivity index (χ1n) is 6.63. The molecule has 0 spiro atoms. The van der Waals surface area contributed by atoms with Gasteiger partial charge in [-0.2, -0.15) is 0 Å². The summed E-state index contributed by atoms with van der Waals surface area (Å²) in [6.45, 7) is 0. The van der Waals surface area contributed by atoms with E-state index in [0.717, 1.165) is 10.0 Å². The highest BCUT2D eigenvalue weighted by Crippen LogP contribution is 2.45. The number of hydrogen-bond donors (Lipinski definition) is 0. The van der Waals surface area contributed by atoms with E-state index in [1.807, 2.05) is 24.3 Å². The Bertz CT molecular complexity index is 708. The number of carbonyl (C=O) groups is 1. The summed E-state index contributed by atoms with van der Waals surface area (Å²) in [5.41, 5.74) is 1.78. The molecule has 114 valence electrons. The normalized spacial score (nSPS) is 17.9. The molecule has 2 aromatic carbocycles. The zero-order valence-corrected chi connectivity index (χ0v) is 14.9. The maximum absolute atomic E-state index is 12.4. The van der Waals surface area contributed by atoms with E-state index in [0.29, 0.717) is 22.2 Å². The van der Waals surface area contributed by atoms with Gasteiger partial charge in [0.1, 0.15) is 11.1 Å². The number of hydrogen-bond acceptors (Lipinski definition) is 3. The van der Waals surface area contributed by atoms with E-state index in [9.17, 15) is 4.79 Å². The van der Waals surface area contributed by atoms with Gasteiger partial charge in [0.2, 0.25) is 5.91 Å². The van der Waals surface area contributed by atoms with Crippen LogP contribution in [0.1, 0.15) is 10.9 Å². The largest absolute Gasteiger partial charge is 0.495 e. The van der Waals surface area contributed by atoms with Gasteiger partial charge in [-0.1, -0.05) is 39.7 Å². The molecule has 0 aromatic heterocycles. The molecule has 3 nitrogen and oxygen atoms in total. The fraction of sp³-hybridized carbons (Fsp3) is 0.188. The van der Waals surface area contributed by atoms with Crippen LogP contribution in [0.2, 0.25) is 5.02 Å². The molecule has 0 bridgehead atoms. The van der Waals surface area contributed by atoms with Gasteiger partial charge in [-0.05, 0) is 35.9 Å². The van der Waals surface area contributed by atoms with Crippen LogP contribution >= 0.6 is 39.3 Å². The Labute approximate surface area is 146 Å². The van der Waals surface area contributed by atoms with Crippen LogP contribution in [-0.4, -0.2) is 18.8 Å². The van der Waals surface area contributed by atoms with Crippen molar-refractivity contribution in [3.8, 4) is 5.75 Å². The van der Waals surface area contributed by atoms with Crippen LogP contribution in [0.25, 0.3) is 0 Å². The Morgan fingerprint density at radius 3 is 2.68 bits per heavy atom. The van der Waals surface area contributed by atoms with Crippen molar-refractivity contribution in [2.45, 2.75) is 5.37 Å². The summed E-state index contributed by atoms with van der Waals surface area (Å²) in [4.78, 5) is 14.2. The van der Waals surface area contributed by atoms with Gasteiger partial charge >= 0.3 is 0 Å². The van der Waals surface area contributed by atoms with E-state index in [-0.39, 0.29) is 11.3 Å². The molecule has 0 N–H and O–H groups in total. The van der Waals surface area contributed by atoms with E-state index < -0.39 is 0 Å². The lowest BCUT2D eigenvalue weighted by molar-refractivity contribution is -0.115. The lowest BCUT2D eigenvalue weighted by Crippen LogP contribution is -2.28. The lowest BCUT2D eigenvalue weighted by atomic mass is 10.2. The van der Waals surface area contributed by atoms with Gasteiger partial charge in [0.05, 0.1) is 18.6 Å². The van der Waals surface area contributed by atoms with Gasteiger partial charge in [0, 0.05) is 9.50 Å². The van der Waals surface area contributed by atoms with Crippen LogP contribution < -0.4 is 9.64 Å². The van der Waals surface area contributed by atoms with Gasteiger partial charge in [-0.15, -0.1) is 11.8 Å². The number of rotatable bonds is 3. The Kier molecular flexibility index (Phi) is 4.66. The SMILES string of the molecule is COc1ccc(Cl)cc1N1C(=O)CS[C@@H]1c1ccc(Br)cc1. The lowest BCUT2D eigenvalue weighted by Gasteiger charge is -2.26. The Morgan fingerprint density at radius 2 is 2.00 bits per heavy atom. The summed E-state index contributed by atoms with van der Waals surface area (Å²) in [6.07, 6.45) is 0. The molecule has 0 saturated carbocycles. The molecule has 0 radical (unpaired) electrons. The first kappa shape index (κ1) is 15.7. The number of amides is 1. The van der Waals surface area contributed by atoms with Crippen LogP contribution in [-0.2, 0) is 4.79 Å². The molecule has 1 aliphatic heterocycles. The van der Waals surface area contributed by atoms with Gasteiger partial charge < -0.3 is 4.74 Å². The highest BCUT2D eigenvalue weighted by Gasteiger charge is 2.35. The van der Waals surface area contributed by atoms with E-state index in [2.05, 4.69) is 15.9 Å². The highest BCUT2D eigenvalue weighted by atomic mass is 79.9. The number of benzene rings is 2. The highest BCUT2D eigenvalue weighted by molar-refractivity contribution is 9.10. The Balaban J connectivity index is 2.05. The summed E-state index contributed by atoms with van der Waals surface area (Å²) < 4.78 is 6.41. The van der Waals surface area contributed by atoms with E-state index in [4.69, 9.17) is 16.3 Å². The third-order valence-electron chi connectivity index (χ3n) is 3.42. The number of carbonyl (C=O) groups excluding carboxylic acids is 1. The second-order valence-corrected chi connectivity index (χ2v) is 7.22. The fourth-order valence-corrected chi connectivity index (χ4v) is 4.01. The van der Waals surface area contributed by atoms with Crippen molar-refractivity contribution in [1.82, 2.24) is 0 Å². The number of thioether (sulfide) groups is 1. The average molecular weight is 399 g/mol. The van der Waals surface area contributed by atoms with Crippen LogP contribution in [0.4, 0.5) is 5.69 Å². The zero-order chi connectivity index (χ0) is 15.7. The number of anilines is 1. The molecule has 22 heavy (non-hydrogen) atoms. The summed E-state index contributed by atoms with van der Waals surface area (Å²) in [7, 11) is 1.59. The summed E-state index contributed by atoms with van der Waals surface area (Å²) >= 11 is 11.1. The number of halogens is 2. The number of ether oxygens (including phenoxy) is 1. The third kappa shape index (κ3) is 2.98. The van der Waals surface area contributed by atoms with Crippen molar-refractivity contribution >= 4 is 50.9 Å². The standard InChI is InChI=1S/C16H13BrClNO2S/c1-21-14-7-6-12(18)8-13(14)19-15(20)9-22-16(19)10-2-4-11(17)5-3-10/h2-8,16H,9H2,1H3/t16-/m1/s1. The molecular weight excluding hydrogens is 386 g/mol. The fourth-order valence-electron chi connectivity index (χ4n) is 2.41. The molecule has 1 saturated heterocycles. The Morgan fingerprint density at radius 1 is 1.27 bits per heavy atom. The van der Waals surface area contributed by atoms with Gasteiger partial charge in [-0.3, -0.25) is 9.69 Å². The molecule has 2 aromatic rings. The van der Waals surface area contributed by atoms with Crippen molar-refractivity contribution in [2.75, 3.05) is 17.8 Å². The van der Waals surface area contributed by atoms with Crippen molar-refractivity contribution in [3.05, 3.63) is 57.5 Å². The summed E-state index contributed by atoms with van der Waals surface area (Å²) in [5.74, 6) is 1.14. The second kappa shape index (κ2) is 6.52. The van der Waals surface area contributed by atoms with E-state index in [1.54, 1.807) is 42.0 Å². The minimum Gasteiger partial charge on any atom is -0.495 e. The van der Waals surface area contributed by atoms with Crippen molar-refractivity contribution < 1.29 is 9.53 Å². The van der Waals surface area contributed by atoms with Crippen LogP contribution in [0.5, 0.6) is 5.75 Å². The average Bonchev–Trinajstić information content (AvgIpc) is 2.89. The van der Waals surface area contributed by atoms with E-state index in [1.165, 1.54) is 0 Å². The number of nitrogens with zero attached hydrogens (tertiary/aromatic N) is 1.